The van der Waals surface area contributed by atoms with Crippen LogP contribution in [0, 0.1) is 0 Å². The van der Waals surface area contributed by atoms with Gasteiger partial charge < -0.3 is 10.1 Å². The molecule has 0 aliphatic heterocycles. The first-order chi connectivity index (χ1) is 10.2. The second-order valence-electron chi connectivity index (χ2n) is 4.51. The third kappa shape index (κ3) is 5.52. The van der Waals surface area contributed by atoms with E-state index in [1.165, 1.54) is 0 Å². The number of halogens is 2. The summed E-state index contributed by atoms with van der Waals surface area (Å²) in [6, 6.07) is 5.41. The van der Waals surface area contributed by atoms with E-state index in [1.807, 2.05) is 12.1 Å². The van der Waals surface area contributed by atoms with Crippen LogP contribution in [0.1, 0.15) is 11.4 Å². The molecule has 0 atom stereocenters. The maximum absolute atomic E-state index is 6.00. The topological polar surface area (TPSA) is 47.0 Å². The quantitative estimate of drug-likeness (QED) is 0.741. The number of hydrogen-bond acceptors (Lipinski definition) is 5. The van der Waals surface area contributed by atoms with Crippen molar-refractivity contribution >= 4 is 34.5 Å². The minimum absolute atomic E-state index is 0.608. The Labute approximate surface area is 138 Å². The van der Waals surface area contributed by atoms with Gasteiger partial charge in [-0.1, -0.05) is 34.5 Å². The first-order valence-electron chi connectivity index (χ1n) is 6.67. The second kappa shape index (κ2) is 8.66. The van der Waals surface area contributed by atoms with Crippen LogP contribution in [-0.2, 0) is 11.2 Å². The highest BCUT2D eigenvalue weighted by molar-refractivity contribution is 7.14. The third-order valence-corrected chi connectivity index (χ3v) is 4.27. The molecule has 1 aromatic heterocycles. The van der Waals surface area contributed by atoms with E-state index < -0.39 is 0 Å². The van der Waals surface area contributed by atoms with E-state index in [4.69, 9.17) is 27.9 Å². The lowest BCUT2D eigenvalue weighted by Crippen LogP contribution is -2.20. The zero-order valence-corrected chi connectivity index (χ0v) is 14.1. The van der Waals surface area contributed by atoms with Gasteiger partial charge in [0.1, 0.15) is 10.0 Å². The predicted octanol–water partition coefficient (Wildman–Crippen LogP) is 3.68. The fourth-order valence-electron chi connectivity index (χ4n) is 1.81. The van der Waals surface area contributed by atoms with E-state index in [9.17, 15) is 0 Å². The molecule has 0 bridgehead atoms. The lowest BCUT2D eigenvalue weighted by atomic mass is 10.2. The monoisotopic (exact) mass is 345 g/mol. The molecule has 1 heterocycles. The van der Waals surface area contributed by atoms with Gasteiger partial charge in [0.15, 0.2) is 0 Å². The molecule has 2 aromatic rings. The minimum Gasteiger partial charge on any atom is -0.383 e. The SMILES string of the molecule is COCCNCCCc1nnc(-c2cc(Cl)cc(Cl)c2)s1. The van der Waals surface area contributed by atoms with Crippen molar-refractivity contribution in [1.29, 1.82) is 0 Å². The Bertz CT molecular complexity index is 557. The van der Waals surface area contributed by atoms with Crippen molar-refractivity contribution in [2.45, 2.75) is 12.8 Å². The Morgan fingerprint density at radius 2 is 1.90 bits per heavy atom. The van der Waals surface area contributed by atoms with Gasteiger partial charge in [-0.05, 0) is 31.2 Å². The molecule has 0 fully saturated rings. The third-order valence-electron chi connectivity index (χ3n) is 2.80. The molecule has 1 N–H and O–H groups in total. The molecule has 0 spiro atoms. The molecule has 2 rings (SSSR count). The van der Waals surface area contributed by atoms with Crippen molar-refractivity contribution in [2.75, 3.05) is 26.8 Å². The van der Waals surface area contributed by atoms with Crippen LogP contribution < -0.4 is 5.32 Å². The lowest BCUT2D eigenvalue weighted by Gasteiger charge is -2.01. The van der Waals surface area contributed by atoms with Crippen molar-refractivity contribution in [3.8, 4) is 10.6 Å². The van der Waals surface area contributed by atoms with E-state index >= 15 is 0 Å². The summed E-state index contributed by atoms with van der Waals surface area (Å²) in [5.41, 5.74) is 0.912. The standard InChI is InChI=1S/C14H17Cl2N3OS/c1-20-6-5-17-4-2-3-13-18-19-14(21-13)10-7-11(15)9-12(16)8-10/h7-9,17H,2-6H2,1H3. The van der Waals surface area contributed by atoms with Crippen LogP contribution in [-0.4, -0.2) is 37.0 Å². The van der Waals surface area contributed by atoms with Crippen molar-refractivity contribution in [1.82, 2.24) is 15.5 Å². The zero-order valence-electron chi connectivity index (χ0n) is 11.7. The van der Waals surface area contributed by atoms with Gasteiger partial charge in [0.05, 0.1) is 6.61 Å². The number of benzene rings is 1. The minimum atomic E-state index is 0.608. The van der Waals surface area contributed by atoms with Crippen molar-refractivity contribution < 1.29 is 4.74 Å². The molecule has 0 saturated heterocycles. The Balaban J connectivity index is 1.86. The summed E-state index contributed by atoms with van der Waals surface area (Å²) in [6.07, 6.45) is 1.93. The number of nitrogens with zero attached hydrogens (tertiary/aromatic N) is 2. The largest absolute Gasteiger partial charge is 0.383 e. The number of hydrogen-bond donors (Lipinski definition) is 1. The normalized spacial score (nSPS) is 11.0. The molecule has 7 heteroatoms. The van der Waals surface area contributed by atoms with Crippen LogP contribution in [0.2, 0.25) is 10.0 Å². The highest BCUT2D eigenvalue weighted by Gasteiger charge is 2.08. The lowest BCUT2D eigenvalue weighted by molar-refractivity contribution is 0.199. The number of aromatic nitrogens is 2. The molecule has 0 unspecified atom stereocenters. The van der Waals surface area contributed by atoms with Crippen LogP contribution in [0.5, 0.6) is 0 Å². The summed E-state index contributed by atoms with van der Waals surface area (Å²) in [5, 5.41) is 14.8. The summed E-state index contributed by atoms with van der Waals surface area (Å²) >= 11 is 13.6. The fraction of sp³-hybridized carbons (Fsp3) is 0.429. The van der Waals surface area contributed by atoms with Gasteiger partial charge in [0, 0.05) is 35.7 Å². The van der Waals surface area contributed by atoms with Crippen LogP contribution in [0.25, 0.3) is 10.6 Å². The number of ether oxygens (including phenoxy) is 1. The Morgan fingerprint density at radius 1 is 1.14 bits per heavy atom. The maximum Gasteiger partial charge on any atom is 0.147 e. The summed E-state index contributed by atoms with van der Waals surface area (Å²) in [7, 11) is 1.70. The highest BCUT2D eigenvalue weighted by atomic mass is 35.5. The molecular weight excluding hydrogens is 329 g/mol. The van der Waals surface area contributed by atoms with Crippen LogP contribution in [0.3, 0.4) is 0 Å². The van der Waals surface area contributed by atoms with Crippen molar-refractivity contribution in [2.24, 2.45) is 0 Å². The molecule has 0 radical (unpaired) electrons. The van der Waals surface area contributed by atoms with Gasteiger partial charge in [-0.25, -0.2) is 0 Å². The summed E-state index contributed by atoms with van der Waals surface area (Å²) in [4.78, 5) is 0. The zero-order chi connectivity index (χ0) is 15.1. The summed E-state index contributed by atoms with van der Waals surface area (Å²) in [5.74, 6) is 0. The first kappa shape index (κ1) is 16.6. The maximum atomic E-state index is 6.00. The highest BCUT2D eigenvalue weighted by Crippen LogP contribution is 2.29. The predicted molar refractivity (Wildman–Crippen MR) is 88.4 cm³/mol. The number of nitrogens with one attached hydrogen (secondary N) is 1. The van der Waals surface area contributed by atoms with Gasteiger partial charge in [-0.3, -0.25) is 0 Å². The molecule has 0 aliphatic carbocycles. The van der Waals surface area contributed by atoms with Crippen molar-refractivity contribution in [3.63, 3.8) is 0 Å². The Morgan fingerprint density at radius 3 is 2.62 bits per heavy atom. The molecule has 0 amide bonds. The molecule has 1 aromatic carbocycles. The fourth-order valence-corrected chi connectivity index (χ4v) is 3.21. The van der Waals surface area contributed by atoms with Gasteiger partial charge in [-0.15, -0.1) is 10.2 Å². The van der Waals surface area contributed by atoms with E-state index in [0.29, 0.717) is 10.0 Å². The van der Waals surface area contributed by atoms with E-state index in [-0.39, 0.29) is 0 Å². The van der Waals surface area contributed by atoms with Crippen LogP contribution in [0.4, 0.5) is 0 Å². The van der Waals surface area contributed by atoms with Gasteiger partial charge in [0.2, 0.25) is 0 Å². The molecule has 4 nitrogen and oxygen atoms in total. The second-order valence-corrected chi connectivity index (χ2v) is 6.44. The summed E-state index contributed by atoms with van der Waals surface area (Å²) in [6.45, 7) is 2.55. The first-order valence-corrected chi connectivity index (χ1v) is 8.25. The molecule has 114 valence electrons. The van der Waals surface area contributed by atoms with Gasteiger partial charge in [-0.2, -0.15) is 0 Å². The average molecular weight is 346 g/mol. The van der Waals surface area contributed by atoms with Crippen LogP contribution >= 0.6 is 34.5 Å². The van der Waals surface area contributed by atoms with E-state index in [0.717, 1.165) is 48.1 Å². The average Bonchev–Trinajstić information content (AvgIpc) is 2.90. The van der Waals surface area contributed by atoms with Gasteiger partial charge in [0.25, 0.3) is 0 Å². The Hall–Kier alpha value is -0.720. The van der Waals surface area contributed by atoms with Gasteiger partial charge >= 0.3 is 0 Å². The van der Waals surface area contributed by atoms with E-state index in [1.54, 1.807) is 24.5 Å². The molecule has 0 saturated carbocycles. The molecule has 0 aliphatic rings. The Kier molecular flexibility index (Phi) is 6.86. The smallest absolute Gasteiger partial charge is 0.147 e. The summed E-state index contributed by atoms with van der Waals surface area (Å²) < 4.78 is 4.97. The molecular formula is C14H17Cl2N3OS. The van der Waals surface area contributed by atoms with E-state index in [2.05, 4.69) is 15.5 Å². The number of aryl methyl sites for hydroxylation is 1. The number of rotatable bonds is 8. The molecule has 21 heavy (non-hydrogen) atoms. The van der Waals surface area contributed by atoms with Crippen LogP contribution in [0.15, 0.2) is 18.2 Å². The number of methoxy groups -OCH3 is 1. The van der Waals surface area contributed by atoms with Crippen molar-refractivity contribution in [3.05, 3.63) is 33.3 Å².